The number of aromatic nitrogens is 4. The molecule has 0 aliphatic heterocycles. The van der Waals surface area contributed by atoms with Gasteiger partial charge in [-0.25, -0.2) is 0 Å². The fourth-order valence-corrected chi connectivity index (χ4v) is 3.09. The number of benzene rings is 1. The van der Waals surface area contributed by atoms with Crippen molar-refractivity contribution in [1.82, 2.24) is 19.6 Å². The van der Waals surface area contributed by atoms with Crippen molar-refractivity contribution in [3.05, 3.63) is 76.0 Å². The van der Waals surface area contributed by atoms with Gasteiger partial charge in [-0.1, -0.05) is 29.8 Å². The lowest BCUT2D eigenvalue weighted by molar-refractivity contribution is -0.141. The predicted octanol–water partition coefficient (Wildman–Crippen LogP) is 4.39. The highest BCUT2D eigenvalue weighted by atomic mass is 19.4. The summed E-state index contributed by atoms with van der Waals surface area (Å²) in [7, 11) is 0. The molecule has 3 heterocycles. The number of pyridine rings is 1. The van der Waals surface area contributed by atoms with Crippen molar-refractivity contribution in [1.29, 1.82) is 0 Å². The third-order valence-electron chi connectivity index (χ3n) is 4.50. The fourth-order valence-electron chi connectivity index (χ4n) is 3.09. The lowest BCUT2D eigenvalue weighted by atomic mass is 10.0. The molecule has 0 fully saturated rings. The molecule has 0 aliphatic rings. The minimum Gasteiger partial charge on any atom is -0.339 e. The maximum absolute atomic E-state index is 12.7. The first kappa shape index (κ1) is 18.0. The van der Waals surface area contributed by atoms with Crippen LogP contribution in [0.5, 0.6) is 0 Å². The topological polar surface area (TPSA) is 63.1 Å². The molecule has 8 heteroatoms. The maximum Gasteiger partial charge on any atom is 0.433 e. The summed E-state index contributed by atoms with van der Waals surface area (Å²) in [6, 6.07) is 11.3. The molecule has 142 valence electrons. The predicted molar refractivity (Wildman–Crippen MR) is 99.0 cm³/mol. The van der Waals surface area contributed by atoms with E-state index < -0.39 is 11.9 Å². The zero-order valence-corrected chi connectivity index (χ0v) is 15.0. The third kappa shape index (κ3) is 3.06. The molecule has 0 unspecified atom stereocenters. The van der Waals surface area contributed by atoms with Crippen LogP contribution in [0.25, 0.3) is 28.0 Å². The Labute approximate surface area is 157 Å². The quantitative estimate of drug-likeness (QED) is 0.558. The van der Waals surface area contributed by atoms with Crippen LogP contribution in [0.4, 0.5) is 13.2 Å². The Balaban J connectivity index is 1.89. The van der Waals surface area contributed by atoms with Crippen LogP contribution in [-0.4, -0.2) is 19.6 Å². The smallest absolute Gasteiger partial charge is 0.339 e. The summed E-state index contributed by atoms with van der Waals surface area (Å²) < 4.78 is 39.5. The van der Waals surface area contributed by atoms with Gasteiger partial charge in [-0.05, 0) is 31.5 Å². The van der Waals surface area contributed by atoms with Crippen LogP contribution in [0.15, 0.2) is 53.5 Å². The van der Waals surface area contributed by atoms with E-state index in [0.29, 0.717) is 22.6 Å². The number of nitrogens with zero attached hydrogens (tertiary/aromatic N) is 3. The first-order chi connectivity index (χ1) is 13.2. The van der Waals surface area contributed by atoms with E-state index in [-0.39, 0.29) is 5.56 Å². The van der Waals surface area contributed by atoms with Crippen LogP contribution in [0, 0.1) is 13.8 Å². The number of alkyl halides is 3. The lowest BCUT2D eigenvalue weighted by Gasteiger charge is -2.08. The number of halogens is 3. The molecule has 4 rings (SSSR count). The van der Waals surface area contributed by atoms with Crippen molar-refractivity contribution in [2.75, 3.05) is 0 Å². The van der Waals surface area contributed by atoms with Gasteiger partial charge >= 0.3 is 6.18 Å². The van der Waals surface area contributed by atoms with Gasteiger partial charge in [0.1, 0.15) is 11.3 Å². The highest BCUT2D eigenvalue weighted by molar-refractivity contribution is 5.81. The average Bonchev–Trinajstić information content (AvgIpc) is 2.98. The lowest BCUT2D eigenvalue weighted by Crippen LogP contribution is -2.14. The molecular formula is C20H15F3N4O. The molecule has 0 aliphatic carbocycles. The van der Waals surface area contributed by atoms with Crippen molar-refractivity contribution < 1.29 is 13.2 Å². The van der Waals surface area contributed by atoms with Gasteiger partial charge in [0.05, 0.1) is 11.4 Å². The van der Waals surface area contributed by atoms with E-state index in [4.69, 9.17) is 0 Å². The second kappa shape index (κ2) is 6.33. The zero-order valence-electron chi connectivity index (χ0n) is 15.0. The van der Waals surface area contributed by atoms with Crippen LogP contribution in [0.3, 0.4) is 0 Å². The largest absolute Gasteiger partial charge is 0.433 e. The van der Waals surface area contributed by atoms with Gasteiger partial charge in [-0.15, -0.1) is 0 Å². The summed E-state index contributed by atoms with van der Waals surface area (Å²) in [5.74, 6) is 0. The first-order valence-corrected chi connectivity index (χ1v) is 8.47. The Morgan fingerprint density at radius 2 is 1.68 bits per heavy atom. The van der Waals surface area contributed by atoms with Gasteiger partial charge < -0.3 is 4.98 Å². The van der Waals surface area contributed by atoms with Crippen molar-refractivity contribution >= 4 is 5.65 Å². The number of hydrogen-bond donors (Lipinski definition) is 1. The summed E-state index contributed by atoms with van der Waals surface area (Å²) in [4.78, 5) is 19.1. The van der Waals surface area contributed by atoms with Crippen molar-refractivity contribution in [2.24, 2.45) is 0 Å². The minimum atomic E-state index is -4.52. The van der Waals surface area contributed by atoms with Crippen molar-refractivity contribution in [3.8, 4) is 22.4 Å². The molecule has 0 radical (unpaired) electrons. The number of H-pyrrole nitrogens is 1. The van der Waals surface area contributed by atoms with E-state index in [1.807, 2.05) is 31.2 Å². The van der Waals surface area contributed by atoms with Crippen LogP contribution >= 0.6 is 0 Å². The highest BCUT2D eigenvalue weighted by Crippen LogP contribution is 2.30. The number of rotatable bonds is 2. The monoisotopic (exact) mass is 384 g/mol. The van der Waals surface area contributed by atoms with Crippen LogP contribution in [-0.2, 0) is 6.18 Å². The maximum atomic E-state index is 12.7. The second-order valence-electron chi connectivity index (χ2n) is 6.54. The summed E-state index contributed by atoms with van der Waals surface area (Å²) >= 11 is 0. The van der Waals surface area contributed by atoms with Gasteiger partial charge in [0, 0.05) is 23.4 Å². The van der Waals surface area contributed by atoms with Crippen LogP contribution < -0.4 is 5.56 Å². The Hall–Kier alpha value is -3.42. The summed E-state index contributed by atoms with van der Waals surface area (Å²) in [6.45, 7) is 3.78. The van der Waals surface area contributed by atoms with E-state index in [0.717, 1.165) is 29.0 Å². The standard InChI is InChI=1S/C20H15F3N4O/c1-11-3-5-13(6-4-11)18-12(2)26-27-17(28)9-15(25-19(18)27)14-7-8-16(24-10-14)20(21,22)23/h3-10,25H,1-2H3. The minimum absolute atomic E-state index is 0.368. The summed E-state index contributed by atoms with van der Waals surface area (Å²) in [5.41, 5.74) is 3.26. The van der Waals surface area contributed by atoms with E-state index >= 15 is 0 Å². The Morgan fingerprint density at radius 3 is 2.29 bits per heavy atom. The molecule has 28 heavy (non-hydrogen) atoms. The zero-order chi connectivity index (χ0) is 20.1. The first-order valence-electron chi connectivity index (χ1n) is 8.47. The normalized spacial score (nSPS) is 11.9. The molecule has 0 atom stereocenters. The van der Waals surface area contributed by atoms with E-state index in [2.05, 4.69) is 15.1 Å². The molecule has 1 aromatic carbocycles. The van der Waals surface area contributed by atoms with Gasteiger partial charge in [-0.3, -0.25) is 9.78 Å². The van der Waals surface area contributed by atoms with Gasteiger partial charge in [-0.2, -0.15) is 22.8 Å². The van der Waals surface area contributed by atoms with E-state index in [1.165, 1.54) is 16.6 Å². The number of aromatic amines is 1. The molecule has 4 aromatic rings. The summed E-state index contributed by atoms with van der Waals surface area (Å²) in [5, 5.41) is 4.30. The Kier molecular flexibility index (Phi) is 4.06. The van der Waals surface area contributed by atoms with Crippen molar-refractivity contribution in [2.45, 2.75) is 20.0 Å². The molecule has 1 N–H and O–H groups in total. The Morgan fingerprint density at radius 1 is 1.00 bits per heavy atom. The Bertz CT molecular complexity index is 1220. The van der Waals surface area contributed by atoms with Gasteiger partial charge in [0.25, 0.3) is 5.56 Å². The number of hydrogen-bond acceptors (Lipinski definition) is 3. The molecule has 0 bridgehead atoms. The molecule has 0 saturated carbocycles. The number of fused-ring (bicyclic) bond motifs is 1. The molecule has 0 amide bonds. The number of aryl methyl sites for hydroxylation is 2. The van der Waals surface area contributed by atoms with Crippen LogP contribution in [0.1, 0.15) is 17.0 Å². The SMILES string of the molecule is Cc1ccc(-c2c(C)nn3c(=O)cc(-c4ccc(C(F)(F)F)nc4)[nH]c23)cc1. The molecule has 5 nitrogen and oxygen atoms in total. The molecule has 0 spiro atoms. The summed E-state index contributed by atoms with van der Waals surface area (Å²) in [6.07, 6.45) is -3.42. The number of nitrogens with one attached hydrogen (secondary N) is 1. The molecule has 3 aromatic heterocycles. The fraction of sp³-hybridized carbons (Fsp3) is 0.150. The molecular weight excluding hydrogens is 369 g/mol. The highest BCUT2D eigenvalue weighted by Gasteiger charge is 2.32. The van der Waals surface area contributed by atoms with Crippen LogP contribution in [0.2, 0.25) is 0 Å². The van der Waals surface area contributed by atoms with Crippen molar-refractivity contribution in [3.63, 3.8) is 0 Å². The van der Waals surface area contributed by atoms with E-state index in [1.54, 1.807) is 6.92 Å². The average molecular weight is 384 g/mol. The van der Waals surface area contributed by atoms with Gasteiger partial charge in [0.15, 0.2) is 0 Å². The molecule has 0 saturated heterocycles. The second-order valence-corrected chi connectivity index (χ2v) is 6.54. The van der Waals surface area contributed by atoms with Gasteiger partial charge in [0.2, 0.25) is 0 Å². The van der Waals surface area contributed by atoms with E-state index in [9.17, 15) is 18.0 Å². The third-order valence-corrected chi connectivity index (χ3v) is 4.50.